The maximum Gasteiger partial charge on any atom is 0.235 e. The highest BCUT2D eigenvalue weighted by Gasteiger charge is 2.45. The molecule has 3 heterocycles. The zero-order chi connectivity index (χ0) is 29.8. The third kappa shape index (κ3) is 3.88. The summed E-state index contributed by atoms with van der Waals surface area (Å²) < 4.78 is 4.64. The lowest BCUT2D eigenvalue weighted by Crippen LogP contribution is -2.75. The van der Waals surface area contributed by atoms with Gasteiger partial charge in [0.2, 0.25) is 14.0 Å². The smallest absolute Gasteiger partial charge is 0.235 e. The van der Waals surface area contributed by atoms with Gasteiger partial charge in [0.05, 0.1) is 26.6 Å². The van der Waals surface area contributed by atoms with Crippen LogP contribution in [-0.2, 0) is 0 Å². The molecule has 0 aliphatic carbocycles. The highest BCUT2D eigenvalue weighted by Crippen LogP contribution is 2.35. The molecule has 0 saturated heterocycles. The first-order valence-corrected chi connectivity index (χ1v) is 18.0. The van der Waals surface area contributed by atoms with Crippen molar-refractivity contribution in [2.45, 2.75) is 0 Å². The molecule has 212 valence electrons. The Morgan fingerprint density at radius 2 is 0.889 bits per heavy atom. The van der Waals surface area contributed by atoms with Crippen molar-refractivity contribution in [3.63, 3.8) is 0 Å². The maximum atomic E-state index is 5.76. The van der Waals surface area contributed by atoms with E-state index in [1.807, 2.05) is 11.3 Å². The molecule has 9 aromatic rings. The molecule has 6 aromatic carbocycles. The SMILES string of the molecule is c1ccc([Si](c2ccccc2)(c2ccccc2)c2nc(-n3c4ccccc4c4ccccc43)nc3c2sc2ccccc23)cc1. The van der Waals surface area contributed by atoms with Crippen molar-refractivity contribution in [2.24, 2.45) is 0 Å². The van der Waals surface area contributed by atoms with E-state index in [0.717, 1.165) is 26.6 Å². The van der Waals surface area contributed by atoms with E-state index < -0.39 is 8.07 Å². The molecule has 0 atom stereocenters. The van der Waals surface area contributed by atoms with E-state index in [1.54, 1.807) is 0 Å². The Balaban J connectivity index is 1.52. The lowest BCUT2D eigenvalue weighted by Gasteiger charge is -2.33. The second-order valence-corrected chi connectivity index (χ2v) is 16.1. The van der Waals surface area contributed by atoms with E-state index in [4.69, 9.17) is 9.97 Å². The van der Waals surface area contributed by atoms with E-state index in [1.165, 1.54) is 36.4 Å². The van der Waals surface area contributed by atoms with Crippen molar-refractivity contribution >= 4 is 82.4 Å². The number of para-hydroxylation sites is 2. The first-order chi connectivity index (χ1) is 22.3. The zero-order valence-electron chi connectivity index (χ0n) is 24.3. The van der Waals surface area contributed by atoms with E-state index in [2.05, 4.69) is 168 Å². The van der Waals surface area contributed by atoms with E-state index in [9.17, 15) is 0 Å². The highest BCUT2D eigenvalue weighted by molar-refractivity contribution is 7.30. The molecule has 0 unspecified atom stereocenters. The topological polar surface area (TPSA) is 30.7 Å². The van der Waals surface area contributed by atoms with Gasteiger partial charge in [-0.2, -0.15) is 0 Å². The Kier molecular flexibility index (Phi) is 6.01. The van der Waals surface area contributed by atoms with Crippen molar-refractivity contribution in [3.8, 4) is 5.95 Å². The molecule has 9 rings (SSSR count). The van der Waals surface area contributed by atoms with Gasteiger partial charge in [-0.25, -0.2) is 9.97 Å². The van der Waals surface area contributed by atoms with Crippen LogP contribution < -0.4 is 20.9 Å². The first kappa shape index (κ1) is 26.1. The average molecular weight is 610 g/mol. The standard InChI is InChI=1S/C40H27N3SSi/c1-4-16-28(17-5-1)45(29-18-6-2-7-19-29,30-20-8-3-9-21-30)39-38-37(33-24-12-15-27-36(33)44-38)41-40(42-39)43-34-25-13-10-22-31(34)32-23-11-14-26-35(32)43/h1-27H. The van der Waals surface area contributed by atoms with Crippen LogP contribution in [0, 0.1) is 0 Å². The Labute approximate surface area is 265 Å². The van der Waals surface area contributed by atoms with Crippen LogP contribution in [0.3, 0.4) is 0 Å². The van der Waals surface area contributed by atoms with E-state index >= 15 is 0 Å². The number of benzene rings is 6. The molecule has 0 bridgehead atoms. The van der Waals surface area contributed by atoms with Crippen LogP contribution in [0.15, 0.2) is 164 Å². The molecule has 3 aromatic heterocycles. The zero-order valence-corrected chi connectivity index (χ0v) is 26.2. The van der Waals surface area contributed by atoms with Crippen LogP contribution in [0.25, 0.3) is 48.1 Å². The minimum absolute atomic E-state index is 0.707. The third-order valence-corrected chi connectivity index (χ3v) is 15.0. The summed E-state index contributed by atoms with van der Waals surface area (Å²) in [5, 5.41) is 8.58. The lowest BCUT2D eigenvalue weighted by atomic mass is 10.2. The van der Waals surface area contributed by atoms with Crippen molar-refractivity contribution in [2.75, 3.05) is 0 Å². The van der Waals surface area contributed by atoms with Gasteiger partial charge in [-0.05, 0) is 33.8 Å². The van der Waals surface area contributed by atoms with Crippen molar-refractivity contribution in [1.82, 2.24) is 14.5 Å². The van der Waals surface area contributed by atoms with E-state index in [-0.39, 0.29) is 0 Å². The highest BCUT2D eigenvalue weighted by atomic mass is 32.1. The fraction of sp³-hybridized carbons (Fsp3) is 0. The van der Waals surface area contributed by atoms with Gasteiger partial charge in [-0.15, -0.1) is 11.3 Å². The molecule has 0 amide bonds. The molecule has 0 spiro atoms. The van der Waals surface area contributed by atoms with Gasteiger partial charge in [-0.3, -0.25) is 4.57 Å². The Bertz CT molecular complexity index is 2340. The Morgan fingerprint density at radius 3 is 1.42 bits per heavy atom. The number of rotatable bonds is 5. The summed E-state index contributed by atoms with van der Waals surface area (Å²) in [5.41, 5.74) is 3.22. The van der Waals surface area contributed by atoms with Crippen LogP contribution in [0.4, 0.5) is 0 Å². The minimum Gasteiger partial charge on any atom is -0.278 e. The van der Waals surface area contributed by atoms with Gasteiger partial charge in [0.25, 0.3) is 0 Å². The normalized spacial score (nSPS) is 12.0. The molecule has 0 aliphatic rings. The fourth-order valence-electron chi connectivity index (χ4n) is 7.05. The number of thiophene rings is 1. The summed E-state index contributed by atoms with van der Waals surface area (Å²) in [5.74, 6) is 0.707. The average Bonchev–Trinajstić information content (AvgIpc) is 3.66. The van der Waals surface area contributed by atoms with Crippen LogP contribution in [0.5, 0.6) is 0 Å². The largest absolute Gasteiger partial charge is 0.278 e. The molecular weight excluding hydrogens is 583 g/mol. The lowest BCUT2D eigenvalue weighted by molar-refractivity contribution is 1.02. The summed E-state index contributed by atoms with van der Waals surface area (Å²) in [6.07, 6.45) is 0. The summed E-state index contributed by atoms with van der Waals surface area (Å²) in [7, 11) is -2.96. The number of fused-ring (bicyclic) bond motifs is 6. The summed E-state index contributed by atoms with van der Waals surface area (Å²) in [6.45, 7) is 0. The third-order valence-electron chi connectivity index (χ3n) is 8.96. The van der Waals surface area contributed by atoms with Crippen molar-refractivity contribution in [1.29, 1.82) is 0 Å². The van der Waals surface area contributed by atoms with Crippen LogP contribution in [-0.4, -0.2) is 22.6 Å². The van der Waals surface area contributed by atoms with Gasteiger partial charge in [0, 0.05) is 20.9 Å². The predicted octanol–water partition coefficient (Wildman–Crippen LogP) is 7.32. The molecule has 0 radical (unpaired) electrons. The van der Waals surface area contributed by atoms with Crippen molar-refractivity contribution < 1.29 is 0 Å². The summed E-state index contributed by atoms with van der Waals surface area (Å²) >= 11 is 1.81. The van der Waals surface area contributed by atoms with Crippen molar-refractivity contribution in [3.05, 3.63) is 164 Å². The Hall–Kier alpha value is -5.36. The van der Waals surface area contributed by atoms with Crippen LogP contribution in [0.2, 0.25) is 0 Å². The quantitative estimate of drug-likeness (QED) is 0.151. The van der Waals surface area contributed by atoms with Gasteiger partial charge in [0.1, 0.15) is 0 Å². The van der Waals surface area contributed by atoms with Gasteiger partial charge in [0.15, 0.2) is 0 Å². The summed E-state index contributed by atoms with van der Waals surface area (Å²) in [4.78, 5) is 11.2. The molecular formula is C40H27N3SSi. The minimum atomic E-state index is -2.96. The van der Waals surface area contributed by atoms with Crippen LogP contribution in [0.1, 0.15) is 0 Å². The molecule has 3 nitrogen and oxygen atoms in total. The van der Waals surface area contributed by atoms with Gasteiger partial charge in [-0.1, -0.05) is 146 Å². The van der Waals surface area contributed by atoms with Gasteiger partial charge >= 0.3 is 0 Å². The van der Waals surface area contributed by atoms with Crippen LogP contribution >= 0.6 is 11.3 Å². The first-order valence-electron chi connectivity index (χ1n) is 15.2. The molecule has 0 aliphatic heterocycles. The monoisotopic (exact) mass is 609 g/mol. The molecule has 0 fully saturated rings. The number of aromatic nitrogens is 3. The maximum absolute atomic E-state index is 5.76. The fourth-order valence-corrected chi connectivity index (χ4v) is 13.3. The molecule has 45 heavy (non-hydrogen) atoms. The second kappa shape index (κ2) is 10.4. The number of nitrogens with zero attached hydrogens (tertiary/aromatic N) is 3. The second-order valence-electron chi connectivity index (χ2n) is 11.4. The number of hydrogen-bond donors (Lipinski definition) is 0. The molecule has 5 heteroatoms. The molecule has 0 N–H and O–H groups in total. The predicted molar refractivity (Wildman–Crippen MR) is 193 cm³/mol. The molecule has 0 saturated carbocycles. The Morgan fingerprint density at radius 1 is 0.444 bits per heavy atom. The van der Waals surface area contributed by atoms with E-state index in [0.29, 0.717) is 5.95 Å². The number of hydrogen-bond acceptors (Lipinski definition) is 3. The summed E-state index contributed by atoms with van der Waals surface area (Å²) in [6, 6.07) is 59.0. The van der Waals surface area contributed by atoms with Gasteiger partial charge < -0.3 is 0 Å².